The van der Waals surface area contributed by atoms with Crippen LogP contribution in [0.3, 0.4) is 0 Å². The summed E-state index contributed by atoms with van der Waals surface area (Å²) in [5.74, 6) is 0.193. The highest BCUT2D eigenvalue weighted by molar-refractivity contribution is 9.09. The van der Waals surface area contributed by atoms with E-state index in [2.05, 4.69) is 20.9 Å². The molecule has 1 fully saturated rings. The molecule has 2 atom stereocenters. The van der Waals surface area contributed by atoms with Crippen molar-refractivity contribution in [1.29, 1.82) is 0 Å². The molecule has 2 unspecified atom stereocenters. The number of nitrogen functional groups attached to an aromatic ring is 1. The number of nitrogens with two attached hydrogens (primary N) is 1. The summed E-state index contributed by atoms with van der Waals surface area (Å²) in [5.41, 5.74) is 4.38. The van der Waals surface area contributed by atoms with Gasteiger partial charge in [-0.25, -0.2) is 4.79 Å². The molecule has 0 saturated carbocycles. The zero-order valence-corrected chi connectivity index (χ0v) is 10.8. The molecule has 2 rings (SSSR count). The molecule has 0 aromatic carbocycles. The van der Waals surface area contributed by atoms with Crippen molar-refractivity contribution in [3.05, 3.63) is 22.7 Å². The summed E-state index contributed by atoms with van der Waals surface area (Å²) in [6.45, 7) is -0.0775. The van der Waals surface area contributed by atoms with E-state index in [1.807, 2.05) is 0 Å². The van der Waals surface area contributed by atoms with Crippen LogP contribution in [0, 0.1) is 0 Å². The first kappa shape index (κ1) is 12.5. The van der Waals surface area contributed by atoms with E-state index in [0.717, 1.165) is 0 Å². The lowest BCUT2D eigenvalue weighted by atomic mass is 10.0. The van der Waals surface area contributed by atoms with E-state index in [-0.39, 0.29) is 18.7 Å². The van der Waals surface area contributed by atoms with Crippen LogP contribution in [0.2, 0.25) is 0 Å². The summed E-state index contributed by atoms with van der Waals surface area (Å²) in [6, 6.07) is 1.55. The summed E-state index contributed by atoms with van der Waals surface area (Å²) in [4.78, 5) is 15.3. The van der Waals surface area contributed by atoms with E-state index in [1.54, 1.807) is 12.3 Å². The molecule has 2 heterocycles. The van der Waals surface area contributed by atoms with Crippen LogP contribution in [0.5, 0.6) is 0 Å². The molecule has 1 aromatic rings. The first-order valence-corrected chi connectivity index (χ1v) is 6.42. The van der Waals surface area contributed by atoms with Gasteiger partial charge < -0.3 is 15.6 Å². The van der Waals surface area contributed by atoms with Crippen LogP contribution >= 0.6 is 15.9 Å². The van der Waals surface area contributed by atoms with Crippen molar-refractivity contribution < 1.29 is 9.84 Å². The van der Waals surface area contributed by atoms with Gasteiger partial charge in [0.2, 0.25) is 0 Å². The fourth-order valence-electron chi connectivity index (χ4n) is 1.89. The average Bonchev–Trinajstić information content (AvgIpc) is 2.74. The van der Waals surface area contributed by atoms with Gasteiger partial charge in [0.15, 0.2) is 0 Å². The van der Waals surface area contributed by atoms with Crippen molar-refractivity contribution in [1.82, 2.24) is 9.55 Å². The minimum absolute atomic E-state index is 0.0775. The third-order valence-corrected chi connectivity index (χ3v) is 3.95. The predicted molar refractivity (Wildman–Crippen MR) is 65.9 cm³/mol. The number of ether oxygens (including phenoxy) is 1. The Kier molecular flexibility index (Phi) is 3.50. The lowest BCUT2D eigenvalue weighted by molar-refractivity contribution is -0.0844. The molecule has 0 spiro atoms. The molecule has 1 aliphatic rings. The van der Waals surface area contributed by atoms with Gasteiger partial charge in [0.1, 0.15) is 17.6 Å². The number of anilines is 1. The first-order chi connectivity index (χ1) is 8.10. The van der Waals surface area contributed by atoms with Crippen LogP contribution < -0.4 is 11.4 Å². The first-order valence-electron chi connectivity index (χ1n) is 5.29. The van der Waals surface area contributed by atoms with E-state index >= 15 is 0 Å². The Balaban J connectivity index is 2.23. The second-order valence-electron chi connectivity index (χ2n) is 4.13. The normalized spacial score (nSPS) is 28.5. The minimum atomic E-state index is -0.606. The third kappa shape index (κ3) is 2.36. The molecule has 1 aliphatic heterocycles. The van der Waals surface area contributed by atoms with Crippen LogP contribution in [0.25, 0.3) is 0 Å². The standard InChI is InChI=1S/C10H14BrN3O3/c11-5-10(6-15)3-1-8(17-10)14-4-2-7(12)13-9(14)16/h2,4,8,15H,1,3,5-6H2,(H2,12,13,16). The van der Waals surface area contributed by atoms with E-state index in [4.69, 9.17) is 10.5 Å². The minimum Gasteiger partial charge on any atom is -0.393 e. The Morgan fingerprint density at radius 1 is 1.76 bits per heavy atom. The van der Waals surface area contributed by atoms with Crippen molar-refractivity contribution in [2.24, 2.45) is 0 Å². The number of hydrogen-bond acceptors (Lipinski definition) is 5. The number of aliphatic hydroxyl groups excluding tert-OH is 1. The average molecular weight is 304 g/mol. The molecule has 17 heavy (non-hydrogen) atoms. The molecule has 94 valence electrons. The molecule has 0 amide bonds. The van der Waals surface area contributed by atoms with Gasteiger partial charge in [0.05, 0.1) is 6.61 Å². The van der Waals surface area contributed by atoms with Crippen LogP contribution in [-0.2, 0) is 4.74 Å². The molecule has 6 nitrogen and oxygen atoms in total. The topological polar surface area (TPSA) is 90.4 Å². The maximum atomic E-state index is 11.6. The summed E-state index contributed by atoms with van der Waals surface area (Å²) >= 11 is 3.32. The molecule has 1 aromatic heterocycles. The van der Waals surface area contributed by atoms with Crippen molar-refractivity contribution in [2.75, 3.05) is 17.7 Å². The molecule has 3 N–H and O–H groups in total. The molecule has 7 heteroatoms. The fourth-order valence-corrected chi connectivity index (χ4v) is 2.48. The Morgan fingerprint density at radius 2 is 2.53 bits per heavy atom. The maximum Gasteiger partial charge on any atom is 0.351 e. The van der Waals surface area contributed by atoms with Crippen LogP contribution in [-0.4, -0.2) is 32.2 Å². The number of nitrogens with zero attached hydrogens (tertiary/aromatic N) is 2. The second-order valence-corrected chi connectivity index (χ2v) is 4.69. The zero-order valence-electron chi connectivity index (χ0n) is 9.17. The molecular formula is C10H14BrN3O3. The van der Waals surface area contributed by atoms with E-state index in [1.165, 1.54) is 4.57 Å². The number of aromatic nitrogens is 2. The fraction of sp³-hybridized carbons (Fsp3) is 0.600. The Labute approximate surface area is 107 Å². The van der Waals surface area contributed by atoms with Gasteiger partial charge >= 0.3 is 5.69 Å². The number of alkyl halides is 1. The quantitative estimate of drug-likeness (QED) is 0.782. The van der Waals surface area contributed by atoms with Crippen molar-refractivity contribution in [3.63, 3.8) is 0 Å². The van der Waals surface area contributed by atoms with Gasteiger partial charge in [-0.3, -0.25) is 4.57 Å². The zero-order chi connectivity index (χ0) is 12.5. The van der Waals surface area contributed by atoms with Gasteiger partial charge in [-0.05, 0) is 18.9 Å². The SMILES string of the molecule is Nc1ccn(C2CCC(CO)(CBr)O2)c(=O)n1. The van der Waals surface area contributed by atoms with Crippen molar-refractivity contribution in [2.45, 2.75) is 24.7 Å². The van der Waals surface area contributed by atoms with Crippen LogP contribution in [0.15, 0.2) is 17.1 Å². The largest absolute Gasteiger partial charge is 0.393 e. The Hall–Kier alpha value is -0.920. The number of aliphatic hydroxyl groups is 1. The lowest BCUT2D eigenvalue weighted by Gasteiger charge is -2.25. The van der Waals surface area contributed by atoms with E-state index in [0.29, 0.717) is 18.2 Å². The van der Waals surface area contributed by atoms with Crippen LogP contribution in [0.1, 0.15) is 19.1 Å². The monoisotopic (exact) mass is 303 g/mol. The highest BCUT2D eigenvalue weighted by Crippen LogP contribution is 2.36. The highest BCUT2D eigenvalue weighted by Gasteiger charge is 2.40. The van der Waals surface area contributed by atoms with Crippen molar-refractivity contribution >= 4 is 21.7 Å². The molecule has 0 aliphatic carbocycles. The van der Waals surface area contributed by atoms with Gasteiger partial charge in [0, 0.05) is 11.5 Å². The van der Waals surface area contributed by atoms with Gasteiger partial charge in [-0.2, -0.15) is 4.98 Å². The van der Waals surface area contributed by atoms with Gasteiger partial charge in [-0.15, -0.1) is 0 Å². The molecule has 0 bridgehead atoms. The summed E-state index contributed by atoms with van der Waals surface area (Å²) in [5, 5.41) is 9.85. The van der Waals surface area contributed by atoms with Crippen LogP contribution in [0.4, 0.5) is 5.82 Å². The summed E-state index contributed by atoms with van der Waals surface area (Å²) in [7, 11) is 0. The van der Waals surface area contributed by atoms with Gasteiger partial charge in [0.25, 0.3) is 0 Å². The molecule has 1 saturated heterocycles. The lowest BCUT2D eigenvalue weighted by Crippen LogP contribution is -2.36. The highest BCUT2D eigenvalue weighted by atomic mass is 79.9. The maximum absolute atomic E-state index is 11.6. The predicted octanol–water partition coefficient (Wildman–Crippen LogP) is 0.261. The van der Waals surface area contributed by atoms with E-state index < -0.39 is 11.3 Å². The van der Waals surface area contributed by atoms with Gasteiger partial charge in [-0.1, -0.05) is 15.9 Å². The number of rotatable bonds is 3. The Bertz CT molecular complexity index is 458. The third-order valence-electron chi connectivity index (χ3n) is 2.93. The summed E-state index contributed by atoms with van der Waals surface area (Å²) in [6.07, 6.45) is 2.53. The Morgan fingerprint density at radius 3 is 3.06 bits per heavy atom. The molecule has 0 radical (unpaired) electrons. The number of hydrogen-bond donors (Lipinski definition) is 2. The molecular weight excluding hydrogens is 290 g/mol. The summed E-state index contributed by atoms with van der Waals surface area (Å²) < 4.78 is 7.14. The van der Waals surface area contributed by atoms with Crippen molar-refractivity contribution in [3.8, 4) is 0 Å². The van der Waals surface area contributed by atoms with E-state index in [9.17, 15) is 9.90 Å². The smallest absolute Gasteiger partial charge is 0.351 e. The number of halogens is 1. The second kappa shape index (κ2) is 4.75.